The van der Waals surface area contributed by atoms with E-state index in [0.29, 0.717) is 0 Å². The van der Waals surface area contributed by atoms with Crippen molar-refractivity contribution >= 4 is 0 Å². The van der Waals surface area contributed by atoms with Crippen LogP contribution in [0.3, 0.4) is 0 Å². The number of hydrogen-bond donors (Lipinski definition) is 2. The molecule has 0 bridgehead atoms. The molecule has 5 heteroatoms. The maximum atomic E-state index is 7.10. The van der Waals surface area contributed by atoms with E-state index < -0.39 is 0 Å². The molecular formula is C2H4KN4+. The fourth-order valence-corrected chi connectivity index (χ4v) is 0. The van der Waals surface area contributed by atoms with Crippen molar-refractivity contribution in [1.82, 2.24) is 0 Å². The number of nitriles is 2. The van der Waals surface area contributed by atoms with E-state index in [0.717, 1.165) is 0 Å². The maximum absolute atomic E-state index is 7.10. The average molecular weight is 123 g/mol. The zero-order chi connectivity index (χ0) is 5.41. The van der Waals surface area contributed by atoms with Crippen LogP contribution in [0.25, 0.3) is 0 Å². The summed E-state index contributed by atoms with van der Waals surface area (Å²) in [5, 5.41) is 14.2. The summed E-state index contributed by atoms with van der Waals surface area (Å²) in [7, 11) is 0. The van der Waals surface area contributed by atoms with Crippen molar-refractivity contribution in [2.24, 2.45) is 11.5 Å². The zero-order valence-corrected chi connectivity index (χ0v) is 7.17. The molecule has 0 heterocycles. The van der Waals surface area contributed by atoms with Gasteiger partial charge in [0, 0.05) is 0 Å². The van der Waals surface area contributed by atoms with Crippen molar-refractivity contribution in [3.05, 3.63) is 0 Å². The predicted molar refractivity (Wildman–Crippen MR) is 19.6 cm³/mol. The normalized spacial score (nSPS) is 2.00. The van der Waals surface area contributed by atoms with Gasteiger partial charge in [0.25, 0.3) is 0 Å². The van der Waals surface area contributed by atoms with Crippen molar-refractivity contribution in [1.29, 1.82) is 10.5 Å². The van der Waals surface area contributed by atoms with Crippen LogP contribution in [-0.2, 0) is 0 Å². The molecule has 0 spiro atoms. The minimum absolute atomic E-state index is 0. The van der Waals surface area contributed by atoms with Crippen molar-refractivity contribution in [2.45, 2.75) is 0 Å². The van der Waals surface area contributed by atoms with Gasteiger partial charge in [0.15, 0.2) is 12.4 Å². The van der Waals surface area contributed by atoms with Crippen LogP contribution in [0.1, 0.15) is 0 Å². The molecule has 32 valence electrons. The second-order valence-electron chi connectivity index (χ2n) is 0.258. The standard InChI is InChI=1S/2CH2N2.K/c2*2-1-3;/h2*2H2;/q;;+1. The molecule has 0 amide bonds. The Balaban J connectivity index is -0.0000000400. The van der Waals surface area contributed by atoms with E-state index in [4.69, 9.17) is 10.5 Å². The molecule has 0 aliphatic rings. The third-order valence-electron chi connectivity index (χ3n) is 0. The van der Waals surface area contributed by atoms with Crippen molar-refractivity contribution < 1.29 is 51.4 Å². The van der Waals surface area contributed by atoms with Crippen LogP contribution >= 0.6 is 0 Å². The molecule has 0 unspecified atom stereocenters. The molecule has 0 radical (unpaired) electrons. The van der Waals surface area contributed by atoms with Crippen LogP contribution in [0.4, 0.5) is 0 Å². The second-order valence-corrected chi connectivity index (χ2v) is 0.258. The molecule has 0 aliphatic heterocycles. The number of rotatable bonds is 0. The Kier molecular flexibility index (Phi) is 77.2. The molecule has 0 saturated carbocycles. The van der Waals surface area contributed by atoms with Gasteiger partial charge in [-0.3, -0.25) is 0 Å². The summed E-state index contributed by atoms with van der Waals surface area (Å²) in [4.78, 5) is 0. The monoisotopic (exact) mass is 123 g/mol. The Morgan fingerprint density at radius 3 is 1.00 bits per heavy atom. The van der Waals surface area contributed by atoms with Crippen molar-refractivity contribution in [3.8, 4) is 12.4 Å². The van der Waals surface area contributed by atoms with Gasteiger partial charge in [0.05, 0.1) is 0 Å². The first kappa shape index (κ1) is 15.7. The topological polar surface area (TPSA) is 99.6 Å². The molecule has 0 aromatic rings. The summed E-state index contributed by atoms with van der Waals surface area (Å²) >= 11 is 0. The Morgan fingerprint density at radius 2 is 1.00 bits per heavy atom. The molecular weight excluding hydrogens is 119 g/mol. The second kappa shape index (κ2) is 34.4. The minimum Gasteiger partial charge on any atom is -0.337 e. The minimum atomic E-state index is 0. The Bertz CT molecular complexity index is 64.7. The molecule has 0 fully saturated rings. The summed E-state index contributed by atoms with van der Waals surface area (Å²) in [5.41, 5.74) is 8.31. The van der Waals surface area contributed by atoms with E-state index in [9.17, 15) is 0 Å². The third kappa shape index (κ3) is 2360. The Morgan fingerprint density at radius 1 is 1.00 bits per heavy atom. The summed E-state index contributed by atoms with van der Waals surface area (Å²) in [6, 6.07) is 0. The largest absolute Gasteiger partial charge is 1.00 e. The number of hydrogen-bond acceptors (Lipinski definition) is 4. The zero-order valence-electron chi connectivity index (χ0n) is 4.05. The van der Waals surface area contributed by atoms with Gasteiger partial charge in [0.1, 0.15) is 0 Å². The molecule has 0 rings (SSSR count). The molecule has 0 saturated heterocycles. The van der Waals surface area contributed by atoms with E-state index in [1.54, 1.807) is 0 Å². The van der Waals surface area contributed by atoms with Crippen LogP contribution < -0.4 is 62.9 Å². The van der Waals surface area contributed by atoms with Gasteiger partial charge in [-0.2, -0.15) is 10.5 Å². The molecule has 4 N–H and O–H groups in total. The van der Waals surface area contributed by atoms with Gasteiger partial charge in [-0.25, -0.2) is 0 Å². The first-order chi connectivity index (χ1) is 2.83. The van der Waals surface area contributed by atoms with Gasteiger partial charge in [-0.15, -0.1) is 0 Å². The smallest absolute Gasteiger partial charge is 0.337 e. The summed E-state index contributed by atoms with van der Waals surface area (Å²) in [6.45, 7) is 0. The fraction of sp³-hybridized carbons (Fsp3) is 0. The fourth-order valence-electron chi connectivity index (χ4n) is 0. The summed E-state index contributed by atoms with van der Waals surface area (Å²) < 4.78 is 0. The SMILES string of the molecule is N#CN.N#CN.[K+]. The van der Waals surface area contributed by atoms with Gasteiger partial charge >= 0.3 is 51.4 Å². The molecule has 0 aliphatic carbocycles. The van der Waals surface area contributed by atoms with E-state index in [1.807, 2.05) is 0 Å². The van der Waals surface area contributed by atoms with Gasteiger partial charge < -0.3 is 11.5 Å². The maximum Gasteiger partial charge on any atom is 1.00 e. The Labute approximate surface area is 84.5 Å². The first-order valence-electron chi connectivity index (χ1n) is 1.02. The average Bonchev–Trinajstić information content (AvgIpc) is 1.39. The molecule has 0 aromatic carbocycles. The van der Waals surface area contributed by atoms with Gasteiger partial charge in [-0.05, 0) is 0 Å². The van der Waals surface area contributed by atoms with Gasteiger partial charge in [0.2, 0.25) is 0 Å². The molecule has 0 aromatic heterocycles. The van der Waals surface area contributed by atoms with Crippen LogP contribution in [0.15, 0.2) is 0 Å². The van der Waals surface area contributed by atoms with Crippen molar-refractivity contribution in [3.63, 3.8) is 0 Å². The van der Waals surface area contributed by atoms with E-state index >= 15 is 0 Å². The van der Waals surface area contributed by atoms with Crippen LogP contribution in [0.2, 0.25) is 0 Å². The third-order valence-corrected chi connectivity index (χ3v) is 0. The summed E-state index contributed by atoms with van der Waals surface area (Å²) in [5.74, 6) is 0. The van der Waals surface area contributed by atoms with Crippen molar-refractivity contribution in [2.75, 3.05) is 0 Å². The molecule has 0 atom stereocenters. The number of nitrogens with two attached hydrogens (primary N) is 2. The quantitative estimate of drug-likeness (QED) is 0.194. The first-order valence-corrected chi connectivity index (χ1v) is 1.02. The van der Waals surface area contributed by atoms with Crippen LogP contribution in [-0.4, -0.2) is 0 Å². The van der Waals surface area contributed by atoms with E-state index in [1.165, 1.54) is 12.4 Å². The van der Waals surface area contributed by atoms with E-state index in [2.05, 4.69) is 11.5 Å². The van der Waals surface area contributed by atoms with Gasteiger partial charge in [-0.1, -0.05) is 0 Å². The van der Waals surface area contributed by atoms with E-state index in [-0.39, 0.29) is 51.4 Å². The summed E-state index contributed by atoms with van der Waals surface area (Å²) in [6.07, 6.45) is 2.50. The number of nitrogens with zero attached hydrogens (tertiary/aromatic N) is 2. The van der Waals surface area contributed by atoms with Crippen LogP contribution in [0, 0.1) is 22.9 Å². The molecule has 7 heavy (non-hydrogen) atoms. The Hall–Kier alpha value is 0.216. The predicted octanol–water partition coefficient (Wildman–Crippen LogP) is -4.14. The van der Waals surface area contributed by atoms with Crippen LogP contribution in [0.5, 0.6) is 0 Å². The molecule has 4 nitrogen and oxygen atoms in total.